The second-order valence-electron chi connectivity index (χ2n) is 4.89. The van der Waals surface area contributed by atoms with Crippen LogP contribution in [0.1, 0.15) is 37.0 Å². The average Bonchev–Trinajstić information content (AvgIpc) is 3.02. The molecule has 2 aromatic rings. The van der Waals surface area contributed by atoms with E-state index in [9.17, 15) is 9.59 Å². The third-order valence-electron chi connectivity index (χ3n) is 3.42. The molecule has 0 radical (unpaired) electrons. The highest BCUT2D eigenvalue weighted by Gasteiger charge is 2.14. The summed E-state index contributed by atoms with van der Waals surface area (Å²) in [6, 6.07) is 6.73. The molecule has 0 aliphatic heterocycles. The number of nitrogens with zero attached hydrogens (tertiary/aromatic N) is 3. The number of carbonyl (C=O) groups is 2. The van der Waals surface area contributed by atoms with Gasteiger partial charge < -0.3 is 5.32 Å². The lowest BCUT2D eigenvalue weighted by atomic mass is 10.0. The fourth-order valence-electron chi connectivity index (χ4n) is 2.05. The first-order valence-corrected chi connectivity index (χ1v) is 7.21. The van der Waals surface area contributed by atoms with Crippen LogP contribution in [0.5, 0.6) is 0 Å². The summed E-state index contributed by atoms with van der Waals surface area (Å²) in [4.78, 5) is 24.0. The monoisotopic (exact) mass is 301 g/mol. The van der Waals surface area contributed by atoms with Crippen molar-refractivity contribution in [1.82, 2.24) is 14.9 Å². The van der Waals surface area contributed by atoms with Gasteiger partial charge in [-0.05, 0) is 37.1 Å². The van der Waals surface area contributed by atoms with Crippen LogP contribution < -0.4 is 10.7 Å². The van der Waals surface area contributed by atoms with Crippen molar-refractivity contribution < 1.29 is 9.59 Å². The molecule has 0 aliphatic carbocycles. The van der Waals surface area contributed by atoms with E-state index in [1.165, 1.54) is 17.3 Å². The summed E-state index contributed by atoms with van der Waals surface area (Å²) in [6.07, 6.45) is 4.40. The number of anilines is 1. The smallest absolute Gasteiger partial charge is 0.270 e. The average molecular weight is 301 g/mol. The molecule has 0 fully saturated rings. The molecule has 0 atom stereocenters. The molecule has 0 saturated heterocycles. The minimum absolute atomic E-state index is 0.00620. The maximum atomic E-state index is 12.0. The van der Waals surface area contributed by atoms with Crippen LogP contribution in [0.3, 0.4) is 0 Å². The summed E-state index contributed by atoms with van der Waals surface area (Å²) in [7, 11) is 0. The number of rotatable bonds is 6. The van der Waals surface area contributed by atoms with Crippen molar-refractivity contribution in [2.24, 2.45) is 5.92 Å². The molecule has 0 unspecified atom stereocenters. The molecule has 2 N–H and O–H groups in total. The van der Waals surface area contributed by atoms with Gasteiger partial charge in [-0.15, -0.1) is 10.2 Å². The Balaban J connectivity index is 1.98. The van der Waals surface area contributed by atoms with E-state index in [0.29, 0.717) is 11.3 Å². The van der Waals surface area contributed by atoms with Gasteiger partial charge in [0.25, 0.3) is 5.91 Å². The Labute approximate surface area is 128 Å². The molecule has 1 aromatic carbocycles. The van der Waals surface area contributed by atoms with Crippen molar-refractivity contribution >= 4 is 17.5 Å². The second kappa shape index (κ2) is 7.35. The Morgan fingerprint density at radius 2 is 1.68 bits per heavy atom. The molecule has 1 aromatic heterocycles. The van der Waals surface area contributed by atoms with Gasteiger partial charge in [0.2, 0.25) is 5.91 Å². The van der Waals surface area contributed by atoms with Crippen LogP contribution in [-0.4, -0.2) is 26.7 Å². The number of benzene rings is 1. The SMILES string of the molecule is CCC(CC)C(=O)Nc1ccc(C(=O)Nn2cnnc2)cc1. The summed E-state index contributed by atoms with van der Waals surface area (Å²) >= 11 is 0. The molecule has 0 saturated carbocycles. The number of nitrogens with one attached hydrogen (secondary N) is 2. The molecule has 0 aliphatic rings. The third kappa shape index (κ3) is 3.91. The zero-order chi connectivity index (χ0) is 15.9. The van der Waals surface area contributed by atoms with Crippen molar-refractivity contribution in [3.63, 3.8) is 0 Å². The van der Waals surface area contributed by atoms with E-state index < -0.39 is 0 Å². The summed E-state index contributed by atoms with van der Waals surface area (Å²) in [5.41, 5.74) is 3.76. The van der Waals surface area contributed by atoms with Crippen molar-refractivity contribution in [1.29, 1.82) is 0 Å². The molecule has 116 valence electrons. The molecule has 7 nitrogen and oxygen atoms in total. The fraction of sp³-hybridized carbons (Fsp3) is 0.333. The first-order chi connectivity index (χ1) is 10.6. The van der Waals surface area contributed by atoms with Crippen LogP contribution in [0.25, 0.3) is 0 Å². The van der Waals surface area contributed by atoms with Crippen LogP contribution >= 0.6 is 0 Å². The van der Waals surface area contributed by atoms with Gasteiger partial charge in [-0.1, -0.05) is 13.8 Å². The van der Waals surface area contributed by atoms with Crippen LogP contribution in [-0.2, 0) is 4.79 Å². The normalized spacial score (nSPS) is 10.5. The van der Waals surface area contributed by atoms with Crippen LogP contribution in [0, 0.1) is 5.92 Å². The predicted molar refractivity (Wildman–Crippen MR) is 82.9 cm³/mol. The lowest BCUT2D eigenvalue weighted by molar-refractivity contribution is -0.120. The van der Waals surface area contributed by atoms with E-state index in [2.05, 4.69) is 20.9 Å². The van der Waals surface area contributed by atoms with Crippen molar-refractivity contribution in [3.05, 3.63) is 42.5 Å². The zero-order valence-electron chi connectivity index (χ0n) is 12.6. The molecule has 7 heteroatoms. The fourth-order valence-corrected chi connectivity index (χ4v) is 2.05. The topological polar surface area (TPSA) is 88.9 Å². The predicted octanol–water partition coefficient (Wildman–Crippen LogP) is 2.04. The number of hydrogen-bond acceptors (Lipinski definition) is 4. The van der Waals surface area contributed by atoms with Crippen molar-refractivity contribution in [3.8, 4) is 0 Å². The summed E-state index contributed by atoms with van der Waals surface area (Å²) in [6.45, 7) is 3.98. The van der Waals surface area contributed by atoms with E-state index in [1.54, 1.807) is 24.3 Å². The summed E-state index contributed by atoms with van der Waals surface area (Å²) in [5.74, 6) is -0.263. The maximum Gasteiger partial charge on any atom is 0.270 e. The molecular weight excluding hydrogens is 282 g/mol. The second-order valence-corrected chi connectivity index (χ2v) is 4.89. The number of hydrogen-bond donors (Lipinski definition) is 2. The Kier molecular flexibility index (Phi) is 5.24. The Morgan fingerprint density at radius 3 is 2.23 bits per heavy atom. The molecule has 22 heavy (non-hydrogen) atoms. The highest BCUT2D eigenvalue weighted by Crippen LogP contribution is 2.14. The lowest BCUT2D eigenvalue weighted by Gasteiger charge is -2.13. The number of carbonyl (C=O) groups excluding carboxylic acids is 2. The first-order valence-electron chi connectivity index (χ1n) is 7.21. The first kappa shape index (κ1) is 15.7. The van der Waals surface area contributed by atoms with Crippen molar-refractivity contribution in [2.75, 3.05) is 10.7 Å². The van der Waals surface area contributed by atoms with E-state index in [1.807, 2.05) is 13.8 Å². The van der Waals surface area contributed by atoms with Crippen LogP contribution in [0.15, 0.2) is 36.9 Å². The van der Waals surface area contributed by atoms with Crippen LogP contribution in [0.4, 0.5) is 5.69 Å². The number of amides is 2. The van der Waals surface area contributed by atoms with Gasteiger partial charge in [0.05, 0.1) is 0 Å². The van der Waals surface area contributed by atoms with Gasteiger partial charge in [-0.25, -0.2) is 4.68 Å². The molecule has 1 heterocycles. The van der Waals surface area contributed by atoms with Gasteiger partial charge >= 0.3 is 0 Å². The van der Waals surface area contributed by atoms with Crippen LogP contribution in [0.2, 0.25) is 0 Å². The summed E-state index contributed by atoms with van der Waals surface area (Å²) < 4.78 is 1.37. The molecule has 2 rings (SSSR count). The molecule has 0 bridgehead atoms. The van der Waals surface area contributed by atoms with E-state index >= 15 is 0 Å². The van der Waals surface area contributed by atoms with Gasteiger partial charge in [-0.3, -0.25) is 15.0 Å². The number of aromatic nitrogens is 3. The quantitative estimate of drug-likeness (QED) is 0.854. The van der Waals surface area contributed by atoms with Gasteiger partial charge in [-0.2, -0.15) is 0 Å². The van der Waals surface area contributed by atoms with E-state index in [4.69, 9.17) is 0 Å². The molecule has 0 spiro atoms. The Morgan fingerprint density at radius 1 is 1.09 bits per heavy atom. The van der Waals surface area contributed by atoms with Gasteiger partial charge in [0.1, 0.15) is 12.7 Å². The highest BCUT2D eigenvalue weighted by atomic mass is 16.2. The van der Waals surface area contributed by atoms with Crippen molar-refractivity contribution in [2.45, 2.75) is 26.7 Å². The third-order valence-corrected chi connectivity index (χ3v) is 3.42. The van der Waals surface area contributed by atoms with Gasteiger partial charge in [0.15, 0.2) is 0 Å². The molecule has 2 amide bonds. The Hall–Kier alpha value is -2.70. The largest absolute Gasteiger partial charge is 0.326 e. The maximum absolute atomic E-state index is 12.0. The van der Waals surface area contributed by atoms with E-state index in [-0.39, 0.29) is 17.7 Å². The zero-order valence-corrected chi connectivity index (χ0v) is 12.6. The summed E-state index contributed by atoms with van der Waals surface area (Å²) in [5, 5.41) is 10.1. The van der Waals surface area contributed by atoms with Gasteiger partial charge in [0, 0.05) is 17.2 Å². The lowest BCUT2D eigenvalue weighted by Crippen LogP contribution is -2.22. The molecular formula is C15H19N5O2. The highest BCUT2D eigenvalue weighted by molar-refractivity contribution is 6.00. The standard InChI is InChI=1S/C15H19N5O2/c1-3-11(4-2)14(21)18-13-7-5-12(6-8-13)15(22)19-20-9-16-17-10-20/h5-11H,3-4H2,1-2H3,(H,18,21)(H,19,22). The minimum Gasteiger partial charge on any atom is -0.326 e. The Bertz CT molecular complexity index is 618. The minimum atomic E-state index is -0.280. The van der Waals surface area contributed by atoms with E-state index in [0.717, 1.165) is 12.8 Å².